The monoisotopic (exact) mass is 262 g/mol. The van der Waals surface area contributed by atoms with Gasteiger partial charge in [0.2, 0.25) is 0 Å². The summed E-state index contributed by atoms with van der Waals surface area (Å²) < 4.78 is 38.3. The minimum absolute atomic E-state index is 0.147. The normalized spacial score (nSPS) is 13.4. The van der Waals surface area contributed by atoms with Gasteiger partial charge in [-0.1, -0.05) is 24.3 Å². The Morgan fingerprint density at radius 1 is 0.947 bits per heavy atom. The van der Waals surface area contributed by atoms with Gasteiger partial charge in [-0.2, -0.15) is 13.2 Å². The van der Waals surface area contributed by atoms with Crippen LogP contribution in [0.15, 0.2) is 36.4 Å². The largest absolute Gasteiger partial charge is 0.416 e. The molecule has 19 heavy (non-hydrogen) atoms. The van der Waals surface area contributed by atoms with E-state index in [1.54, 1.807) is 31.2 Å². The zero-order valence-electron chi connectivity index (χ0n) is 10.0. The molecule has 2 aromatic carbocycles. The SMILES string of the molecule is Cc1cc(C(F)(F)F)cc2c1-c1ccccc1C2=O. The van der Waals surface area contributed by atoms with E-state index in [9.17, 15) is 18.0 Å². The Morgan fingerprint density at radius 3 is 2.21 bits per heavy atom. The van der Waals surface area contributed by atoms with Crippen molar-refractivity contribution in [3.8, 4) is 11.1 Å². The van der Waals surface area contributed by atoms with Crippen molar-refractivity contribution in [2.75, 3.05) is 0 Å². The zero-order valence-corrected chi connectivity index (χ0v) is 10.0. The first-order valence-corrected chi connectivity index (χ1v) is 5.75. The molecule has 1 aliphatic rings. The fourth-order valence-electron chi connectivity index (χ4n) is 2.53. The van der Waals surface area contributed by atoms with E-state index < -0.39 is 11.7 Å². The van der Waals surface area contributed by atoms with Crippen molar-refractivity contribution in [2.45, 2.75) is 13.1 Å². The zero-order chi connectivity index (χ0) is 13.8. The molecule has 0 radical (unpaired) electrons. The summed E-state index contributed by atoms with van der Waals surface area (Å²) in [6.07, 6.45) is -4.44. The molecule has 1 aliphatic carbocycles. The Bertz CT molecular complexity index is 699. The van der Waals surface area contributed by atoms with E-state index in [0.29, 0.717) is 22.3 Å². The number of fused-ring (bicyclic) bond motifs is 3. The Morgan fingerprint density at radius 2 is 1.58 bits per heavy atom. The van der Waals surface area contributed by atoms with E-state index in [4.69, 9.17) is 0 Å². The third kappa shape index (κ3) is 1.67. The van der Waals surface area contributed by atoms with Crippen LogP contribution in [0.1, 0.15) is 27.0 Å². The van der Waals surface area contributed by atoms with E-state index in [1.165, 1.54) is 0 Å². The Balaban J connectivity index is 2.31. The molecule has 0 spiro atoms. The van der Waals surface area contributed by atoms with Crippen LogP contribution in [-0.4, -0.2) is 5.78 Å². The first kappa shape index (κ1) is 12.0. The molecule has 0 fully saturated rings. The Hall–Kier alpha value is -2.10. The number of aryl methyl sites for hydroxylation is 1. The molecule has 2 aromatic rings. The quantitative estimate of drug-likeness (QED) is 0.592. The van der Waals surface area contributed by atoms with Gasteiger partial charge in [0.15, 0.2) is 5.78 Å². The highest BCUT2D eigenvalue weighted by Crippen LogP contribution is 2.42. The van der Waals surface area contributed by atoms with Crippen molar-refractivity contribution >= 4 is 5.78 Å². The molecule has 0 unspecified atom stereocenters. The predicted octanol–water partition coefficient (Wildman–Crippen LogP) is 4.23. The van der Waals surface area contributed by atoms with Crippen LogP contribution in [0, 0.1) is 6.92 Å². The summed E-state index contributed by atoms with van der Waals surface area (Å²) in [4.78, 5) is 12.2. The lowest BCUT2D eigenvalue weighted by atomic mass is 9.97. The molecule has 0 amide bonds. The van der Waals surface area contributed by atoms with Crippen molar-refractivity contribution in [3.05, 3.63) is 58.7 Å². The highest BCUT2D eigenvalue weighted by molar-refractivity contribution is 6.22. The Kier molecular flexibility index (Phi) is 2.33. The van der Waals surface area contributed by atoms with Gasteiger partial charge in [0.1, 0.15) is 0 Å². The minimum atomic E-state index is -4.44. The van der Waals surface area contributed by atoms with E-state index in [-0.39, 0.29) is 11.3 Å². The van der Waals surface area contributed by atoms with Crippen molar-refractivity contribution in [1.82, 2.24) is 0 Å². The van der Waals surface area contributed by atoms with Gasteiger partial charge in [-0.3, -0.25) is 4.79 Å². The van der Waals surface area contributed by atoms with E-state index in [2.05, 4.69) is 0 Å². The smallest absolute Gasteiger partial charge is 0.289 e. The van der Waals surface area contributed by atoms with E-state index in [0.717, 1.165) is 12.1 Å². The van der Waals surface area contributed by atoms with Crippen LogP contribution in [-0.2, 0) is 6.18 Å². The lowest BCUT2D eigenvalue weighted by molar-refractivity contribution is -0.137. The first-order chi connectivity index (χ1) is 8.89. The van der Waals surface area contributed by atoms with Gasteiger partial charge in [0, 0.05) is 11.1 Å². The van der Waals surface area contributed by atoms with E-state index in [1.807, 2.05) is 0 Å². The molecule has 1 nitrogen and oxygen atoms in total. The number of halogens is 3. The summed E-state index contributed by atoms with van der Waals surface area (Å²) in [5.41, 5.74) is 1.66. The highest BCUT2D eigenvalue weighted by atomic mass is 19.4. The second-order valence-electron chi connectivity index (χ2n) is 4.59. The van der Waals surface area contributed by atoms with Crippen LogP contribution in [0.25, 0.3) is 11.1 Å². The lowest BCUT2D eigenvalue weighted by Gasteiger charge is -2.11. The van der Waals surface area contributed by atoms with Crippen molar-refractivity contribution in [2.24, 2.45) is 0 Å². The number of carbonyl (C=O) groups excluding carboxylic acids is 1. The fraction of sp³-hybridized carbons (Fsp3) is 0.133. The topological polar surface area (TPSA) is 17.1 Å². The van der Waals surface area contributed by atoms with Crippen molar-refractivity contribution in [3.63, 3.8) is 0 Å². The molecular weight excluding hydrogens is 253 g/mol. The summed E-state index contributed by atoms with van der Waals surface area (Å²) in [5.74, 6) is -0.334. The van der Waals surface area contributed by atoms with Gasteiger partial charge in [-0.05, 0) is 35.7 Å². The Labute approximate surface area is 107 Å². The van der Waals surface area contributed by atoms with Gasteiger partial charge in [0.25, 0.3) is 0 Å². The fourth-order valence-corrected chi connectivity index (χ4v) is 2.53. The summed E-state index contributed by atoms with van der Waals surface area (Å²) in [6, 6.07) is 8.93. The number of benzene rings is 2. The number of hydrogen-bond donors (Lipinski definition) is 0. The van der Waals surface area contributed by atoms with Crippen LogP contribution in [0.4, 0.5) is 13.2 Å². The summed E-state index contributed by atoms with van der Waals surface area (Å²) >= 11 is 0. The van der Waals surface area contributed by atoms with Crippen molar-refractivity contribution in [1.29, 1.82) is 0 Å². The molecule has 0 heterocycles. The van der Waals surface area contributed by atoms with Gasteiger partial charge >= 0.3 is 6.18 Å². The maximum Gasteiger partial charge on any atom is 0.416 e. The molecule has 4 heteroatoms. The average molecular weight is 262 g/mol. The second-order valence-corrected chi connectivity index (χ2v) is 4.59. The number of rotatable bonds is 0. The molecule has 0 saturated carbocycles. The molecule has 0 bridgehead atoms. The van der Waals surface area contributed by atoms with Crippen LogP contribution in [0.2, 0.25) is 0 Å². The first-order valence-electron chi connectivity index (χ1n) is 5.75. The van der Waals surface area contributed by atoms with Gasteiger partial charge < -0.3 is 0 Å². The maximum absolute atomic E-state index is 12.8. The summed E-state index contributed by atoms with van der Waals surface area (Å²) in [7, 11) is 0. The lowest BCUT2D eigenvalue weighted by Crippen LogP contribution is -2.07. The molecule has 0 N–H and O–H groups in total. The maximum atomic E-state index is 12.8. The molecule has 0 atom stereocenters. The third-order valence-electron chi connectivity index (χ3n) is 3.35. The standard InChI is InChI=1S/C15H9F3O/c1-8-6-9(15(16,17)18)7-12-13(8)10-4-2-3-5-11(10)14(12)19/h2-7H,1H3. The van der Waals surface area contributed by atoms with Crippen molar-refractivity contribution < 1.29 is 18.0 Å². The summed E-state index contributed by atoms with van der Waals surface area (Å²) in [5, 5.41) is 0. The number of alkyl halides is 3. The van der Waals surface area contributed by atoms with Crippen LogP contribution >= 0.6 is 0 Å². The number of hydrogen-bond acceptors (Lipinski definition) is 1. The van der Waals surface area contributed by atoms with Gasteiger partial charge in [0.05, 0.1) is 5.56 Å². The minimum Gasteiger partial charge on any atom is -0.289 e. The van der Waals surface area contributed by atoms with Gasteiger partial charge in [-0.25, -0.2) is 0 Å². The third-order valence-corrected chi connectivity index (χ3v) is 3.35. The number of carbonyl (C=O) groups is 1. The molecule has 0 aliphatic heterocycles. The molecule has 0 saturated heterocycles. The van der Waals surface area contributed by atoms with Crippen LogP contribution < -0.4 is 0 Å². The van der Waals surface area contributed by atoms with E-state index >= 15 is 0 Å². The second kappa shape index (κ2) is 3.70. The molecule has 0 aromatic heterocycles. The predicted molar refractivity (Wildman–Crippen MR) is 65.0 cm³/mol. The van der Waals surface area contributed by atoms with Crippen LogP contribution in [0.5, 0.6) is 0 Å². The molecule has 96 valence electrons. The molecule has 3 rings (SSSR count). The average Bonchev–Trinajstić information content (AvgIpc) is 2.63. The van der Waals surface area contributed by atoms with Gasteiger partial charge in [-0.15, -0.1) is 0 Å². The van der Waals surface area contributed by atoms with Crippen LogP contribution in [0.3, 0.4) is 0 Å². The summed E-state index contributed by atoms with van der Waals surface area (Å²) in [6.45, 7) is 1.60. The molecular formula is C15H9F3O. The number of ketones is 1. The highest BCUT2D eigenvalue weighted by Gasteiger charge is 2.35.